The van der Waals surface area contributed by atoms with Crippen molar-refractivity contribution in [3.63, 3.8) is 0 Å². The number of carbonyl (C=O) groups is 3. The van der Waals surface area contributed by atoms with E-state index in [0.717, 1.165) is 41.7 Å². The van der Waals surface area contributed by atoms with Crippen molar-refractivity contribution in [2.75, 3.05) is 13.1 Å². The van der Waals surface area contributed by atoms with Crippen molar-refractivity contribution in [1.29, 1.82) is 0 Å². The van der Waals surface area contributed by atoms with Gasteiger partial charge in [-0.2, -0.15) is 0 Å². The highest BCUT2D eigenvalue weighted by Crippen LogP contribution is 2.37. The lowest BCUT2D eigenvalue weighted by Crippen LogP contribution is -2.50. The van der Waals surface area contributed by atoms with Crippen LogP contribution in [0.4, 0.5) is 4.79 Å². The number of nitrogens with one attached hydrogen (secondary N) is 1. The van der Waals surface area contributed by atoms with Gasteiger partial charge in [0.25, 0.3) is 5.91 Å². The Bertz CT molecular complexity index is 1040. The number of likely N-dealkylation sites (tertiary alicyclic amines) is 1. The molecule has 2 aromatic carbocycles. The Morgan fingerprint density at radius 3 is 2.47 bits per heavy atom. The number of carbonyl (C=O) groups excluding carboxylic acids is 3. The minimum atomic E-state index is -1.34. The molecular weight excluding hydrogens is 402 g/mol. The van der Waals surface area contributed by atoms with Crippen LogP contribution in [0.25, 0.3) is 0 Å². The topological polar surface area (TPSA) is 69.7 Å². The molecule has 6 heteroatoms. The fourth-order valence-electron chi connectivity index (χ4n) is 4.92. The predicted molar refractivity (Wildman–Crippen MR) is 123 cm³/mol. The van der Waals surface area contributed by atoms with Crippen LogP contribution in [0, 0.1) is 13.8 Å². The Balaban J connectivity index is 1.70. The van der Waals surface area contributed by atoms with Gasteiger partial charge in [-0.15, -0.1) is 0 Å². The molecule has 0 aromatic heterocycles. The van der Waals surface area contributed by atoms with Crippen LogP contribution in [-0.4, -0.2) is 46.8 Å². The van der Waals surface area contributed by atoms with Gasteiger partial charge in [-0.25, -0.2) is 4.79 Å². The van der Waals surface area contributed by atoms with E-state index in [1.165, 1.54) is 0 Å². The van der Waals surface area contributed by atoms with Crippen LogP contribution < -0.4 is 5.32 Å². The molecule has 2 heterocycles. The molecule has 32 heavy (non-hydrogen) atoms. The summed E-state index contributed by atoms with van der Waals surface area (Å²) in [7, 11) is 0. The molecule has 2 saturated heterocycles. The fourth-order valence-corrected chi connectivity index (χ4v) is 4.92. The highest BCUT2D eigenvalue weighted by atomic mass is 16.2. The average molecular weight is 434 g/mol. The second kappa shape index (κ2) is 8.77. The first-order chi connectivity index (χ1) is 15.4. The van der Waals surface area contributed by atoms with Crippen molar-refractivity contribution < 1.29 is 14.4 Å². The summed E-state index contributed by atoms with van der Waals surface area (Å²) in [6.07, 6.45) is 3.91. The number of piperidine rings is 1. The van der Waals surface area contributed by atoms with E-state index >= 15 is 0 Å². The molecule has 2 fully saturated rings. The summed E-state index contributed by atoms with van der Waals surface area (Å²) >= 11 is 0. The third-order valence-electron chi connectivity index (χ3n) is 6.96. The second-order valence-corrected chi connectivity index (χ2v) is 8.88. The number of hydrogen-bond acceptors (Lipinski definition) is 3. The van der Waals surface area contributed by atoms with Gasteiger partial charge in [-0.05, 0) is 61.8 Å². The largest absolute Gasteiger partial charge is 0.338 e. The van der Waals surface area contributed by atoms with Crippen LogP contribution >= 0.6 is 0 Å². The number of urea groups is 1. The van der Waals surface area contributed by atoms with Crippen LogP contribution in [0.15, 0.2) is 48.5 Å². The number of hydrogen-bond donors (Lipinski definition) is 1. The molecule has 2 unspecified atom stereocenters. The normalized spacial score (nSPS) is 23.4. The van der Waals surface area contributed by atoms with E-state index in [1.807, 2.05) is 67.3 Å². The van der Waals surface area contributed by atoms with Crippen molar-refractivity contribution in [3.05, 3.63) is 70.8 Å². The molecule has 4 rings (SSSR count). The van der Waals surface area contributed by atoms with E-state index < -0.39 is 17.5 Å². The maximum Gasteiger partial charge on any atom is 0.326 e. The van der Waals surface area contributed by atoms with E-state index in [9.17, 15) is 14.4 Å². The minimum Gasteiger partial charge on any atom is -0.338 e. The molecule has 4 amide bonds. The van der Waals surface area contributed by atoms with Crippen LogP contribution in [-0.2, 0) is 15.1 Å². The predicted octanol–water partition coefficient (Wildman–Crippen LogP) is 3.89. The summed E-state index contributed by atoms with van der Waals surface area (Å²) in [5.74, 6) is -0.570. The molecule has 2 aliphatic heterocycles. The van der Waals surface area contributed by atoms with Gasteiger partial charge >= 0.3 is 6.03 Å². The molecule has 0 bridgehead atoms. The van der Waals surface area contributed by atoms with Gasteiger partial charge in [0.15, 0.2) is 5.54 Å². The summed E-state index contributed by atoms with van der Waals surface area (Å²) in [5, 5.41) is 2.95. The smallest absolute Gasteiger partial charge is 0.326 e. The van der Waals surface area contributed by atoms with E-state index in [1.54, 1.807) is 0 Å². The highest BCUT2D eigenvalue weighted by molar-refractivity contribution is 6.11. The van der Waals surface area contributed by atoms with Crippen molar-refractivity contribution in [3.8, 4) is 0 Å². The first-order valence-corrected chi connectivity index (χ1v) is 11.4. The van der Waals surface area contributed by atoms with E-state index in [-0.39, 0.29) is 18.5 Å². The molecule has 2 aliphatic rings. The van der Waals surface area contributed by atoms with Gasteiger partial charge in [-0.1, -0.05) is 55.5 Å². The lowest BCUT2D eigenvalue weighted by atomic mass is 9.81. The Kier molecular flexibility index (Phi) is 6.04. The summed E-state index contributed by atoms with van der Waals surface area (Å²) in [5.41, 5.74) is 2.18. The van der Waals surface area contributed by atoms with E-state index in [0.29, 0.717) is 17.7 Å². The quantitative estimate of drug-likeness (QED) is 0.728. The Hall–Kier alpha value is -3.15. The van der Waals surface area contributed by atoms with E-state index in [4.69, 9.17) is 0 Å². The first kappa shape index (κ1) is 22.1. The number of aryl methyl sites for hydroxylation is 2. The lowest BCUT2D eigenvalue weighted by Gasteiger charge is -2.36. The molecule has 2 aromatic rings. The van der Waals surface area contributed by atoms with E-state index in [2.05, 4.69) is 12.2 Å². The lowest BCUT2D eigenvalue weighted by molar-refractivity contribution is -0.140. The first-order valence-electron chi connectivity index (χ1n) is 11.4. The maximum absolute atomic E-state index is 13.9. The monoisotopic (exact) mass is 433 g/mol. The van der Waals surface area contributed by atoms with Crippen LogP contribution in [0.1, 0.15) is 54.9 Å². The number of amides is 4. The van der Waals surface area contributed by atoms with Crippen molar-refractivity contribution in [1.82, 2.24) is 15.1 Å². The van der Waals surface area contributed by atoms with Crippen LogP contribution in [0.3, 0.4) is 0 Å². The highest BCUT2D eigenvalue weighted by Gasteiger charge is 2.54. The minimum absolute atomic E-state index is 0.163. The molecular formula is C26H31N3O3. The van der Waals surface area contributed by atoms with Gasteiger partial charge < -0.3 is 10.2 Å². The van der Waals surface area contributed by atoms with Crippen molar-refractivity contribution >= 4 is 17.8 Å². The molecule has 2 atom stereocenters. The van der Waals surface area contributed by atoms with Gasteiger partial charge in [0, 0.05) is 12.6 Å². The summed E-state index contributed by atoms with van der Waals surface area (Å²) < 4.78 is 0. The van der Waals surface area contributed by atoms with Gasteiger partial charge in [-0.3, -0.25) is 14.5 Å². The van der Waals surface area contributed by atoms with Gasteiger partial charge in [0.1, 0.15) is 6.54 Å². The Labute approximate surface area is 189 Å². The number of rotatable bonds is 5. The molecule has 0 saturated carbocycles. The molecule has 6 nitrogen and oxygen atoms in total. The summed E-state index contributed by atoms with van der Waals surface area (Å²) in [6, 6.07) is 14.7. The average Bonchev–Trinajstić information content (AvgIpc) is 3.07. The van der Waals surface area contributed by atoms with Crippen molar-refractivity contribution in [2.24, 2.45) is 0 Å². The number of imide groups is 1. The maximum atomic E-state index is 13.9. The molecule has 1 N–H and O–H groups in total. The zero-order chi connectivity index (χ0) is 22.9. The second-order valence-electron chi connectivity index (χ2n) is 8.88. The number of benzene rings is 2. The van der Waals surface area contributed by atoms with Crippen LogP contribution in [0.5, 0.6) is 0 Å². The molecule has 0 spiro atoms. The standard InChI is InChI=1S/C26H31N3O3/c1-4-22-12-8-9-15-28(22)23(30)17-29-24(31)26(27-25(29)32,20-10-6-5-7-11-20)21-14-13-18(2)19(3)16-21/h5-7,10-11,13-14,16,22H,4,8-9,12,15,17H2,1-3H3,(H,27,32). The molecule has 0 aliphatic carbocycles. The molecule has 0 radical (unpaired) electrons. The fraction of sp³-hybridized carbons (Fsp3) is 0.423. The summed E-state index contributed by atoms with van der Waals surface area (Å²) in [4.78, 5) is 43.1. The van der Waals surface area contributed by atoms with Crippen LogP contribution in [0.2, 0.25) is 0 Å². The Morgan fingerprint density at radius 1 is 1.03 bits per heavy atom. The zero-order valence-electron chi connectivity index (χ0n) is 19.1. The zero-order valence-corrected chi connectivity index (χ0v) is 19.1. The molecule has 168 valence electrons. The SMILES string of the molecule is CCC1CCCCN1C(=O)CN1C(=O)NC(c2ccccc2)(c2ccc(C)c(C)c2)C1=O. The number of nitrogens with zero attached hydrogens (tertiary/aromatic N) is 2. The van der Waals surface area contributed by atoms with Gasteiger partial charge in [0.05, 0.1) is 0 Å². The third kappa shape index (κ3) is 3.68. The summed E-state index contributed by atoms with van der Waals surface area (Å²) in [6.45, 7) is 6.52. The van der Waals surface area contributed by atoms with Gasteiger partial charge in [0.2, 0.25) is 5.91 Å². The Morgan fingerprint density at radius 2 is 1.78 bits per heavy atom. The van der Waals surface area contributed by atoms with Crippen molar-refractivity contribution in [2.45, 2.75) is 58.0 Å². The third-order valence-corrected chi connectivity index (χ3v) is 6.96.